The Balaban J connectivity index is 1.53. The van der Waals surface area contributed by atoms with Gasteiger partial charge in [0, 0.05) is 48.9 Å². The molecule has 1 aliphatic heterocycles. The topological polar surface area (TPSA) is 84.9 Å². The summed E-state index contributed by atoms with van der Waals surface area (Å²) in [5, 5.41) is 5.42. The zero-order valence-corrected chi connectivity index (χ0v) is 20.1. The lowest BCUT2D eigenvalue weighted by Gasteiger charge is -2.40. The number of nitrogens with one attached hydrogen (secondary N) is 1. The smallest absolute Gasteiger partial charge is 0.409 e. The van der Waals surface area contributed by atoms with Gasteiger partial charge in [-0.25, -0.2) is 4.79 Å². The van der Waals surface area contributed by atoms with E-state index in [1.807, 2.05) is 54.6 Å². The lowest BCUT2D eigenvalue weighted by atomic mass is 10.00. The Morgan fingerprint density at radius 1 is 1.03 bits per heavy atom. The fraction of sp³-hybridized carbons (Fsp3) is 0.346. The van der Waals surface area contributed by atoms with Crippen molar-refractivity contribution < 1.29 is 18.3 Å². The molecule has 3 aromatic carbocycles. The van der Waals surface area contributed by atoms with E-state index in [9.17, 15) is 13.6 Å². The number of anilines is 1. The third-order valence-electron chi connectivity index (χ3n) is 6.20. The Hall–Kier alpha value is -2.94. The molecule has 1 amide bonds. The van der Waals surface area contributed by atoms with E-state index in [0.717, 1.165) is 22.9 Å². The number of hydrogen-bond acceptors (Lipinski definition) is 5. The van der Waals surface area contributed by atoms with E-state index in [1.165, 1.54) is 9.87 Å². The average molecular weight is 481 g/mol. The van der Waals surface area contributed by atoms with E-state index in [0.29, 0.717) is 44.8 Å². The van der Waals surface area contributed by atoms with Crippen LogP contribution in [0, 0.1) is 0 Å². The predicted octanol–water partition coefficient (Wildman–Crippen LogP) is 4.35. The summed E-state index contributed by atoms with van der Waals surface area (Å²) < 4.78 is 31.3. The second kappa shape index (κ2) is 11.5. The van der Waals surface area contributed by atoms with Crippen LogP contribution in [0.2, 0.25) is 0 Å². The molecule has 1 unspecified atom stereocenters. The Morgan fingerprint density at radius 2 is 1.71 bits per heavy atom. The summed E-state index contributed by atoms with van der Waals surface area (Å²) in [6, 6.07) is 21.8. The highest BCUT2D eigenvalue weighted by Crippen LogP contribution is 2.33. The minimum Gasteiger partial charge on any atom is -0.755 e. The van der Waals surface area contributed by atoms with E-state index < -0.39 is 11.3 Å². The molecule has 1 atom stereocenters. The fourth-order valence-electron chi connectivity index (χ4n) is 4.53. The molecule has 0 spiro atoms. The maximum absolute atomic E-state index is 12.4. The first kappa shape index (κ1) is 24.2. The molecule has 0 aliphatic carbocycles. The maximum atomic E-state index is 12.4. The Bertz CT molecular complexity index is 1130. The van der Waals surface area contributed by atoms with Crippen LogP contribution >= 0.6 is 0 Å². The first-order valence-corrected chi connectivity index (χ1v) is 12.7. The first-order chi connectivity index (χ1) is 16.6. The van der Waals surface area contributed by atoms with Gasteiger partial charge in [-0.1, -0.05) is 60.7 Å². The number of ether oxygens (including phenoxy) is 1. The zero-order chi connectivity index (χ0) is 23.9. The molecule has 180 valence electrons. The molecule has 0 radical (unpaired) electrons. The molecule has 0 aromatic heterocycles. The van der Waals surface area contributed by atoms with E-state index in [4.69, 9.17) is 4.74 Å². The van der Waals surface area contributed by atoms with Gasteiger partial charge in [-0.15, -0.1) is 0 Å². The van der Waals surface area contributed by atoms with Crippen molar-refractivity contribution >= 4 is 33.8 Å². The van der Waals surface area contributed by atoms with Gasteiger partial charge in [0.15, 0.2) is 0 Å². The summed E-state index contributed by atoms with van der Waals surface area (Å²) in [6.45, 7) is 4.47. The molecule has 4 rings (SSSR count). The van der Waals surface area contributed by atoms with Gasteiger partial charge in [-0.3, -0.25) is 8.51 Å². The van der Waals surface area contributed by atoms with Crippen LogP contribution in [0.5, 0.6) is 0 Å². The number of rotatable bonds is 8. The number of carbonyl (C=O) groups excluding carboxylic acids is 1. The number of hydrogen-bond donors (Lipinski definition) is 1. The first-order valence-electron chi connectivity index (χ1n) is 11.6. The summed E-state index contributed by atoms with van der Waals surface area (Å²) in [5.41, 5.74) is 3.00. The highest BCUT2D eigenvalue weighted by atomic mass is 32.2. The quantitative estimate of drug-likeness (QED) is 0.485. The maximum Gasteiger partial charge on any atom is 0.409 e. The molecule has 1 N–H and O–H groups in total. The number of nitrogens with zero attached hydrogens (tertiary/aromatic N) is 2. The number of carbonyl (C=O) groups is 1. The second-order valence-electron chi connectivity index (χ2n) is 8.34. The van der Waals surface area contributed by atoms with Gasteiger partial charge in [-0.2, -0.15) is 0 Å². The minimum atomic E-state index is -2.44. The van der Waals surface area contributed by atoms with Crippen LogP contribution in [0.25, 0.3) is 10.8 Å². The molecule has 8 heteroatoms. The Labute approximate surface area is 203 Å². The fourth-order valence-corrected chi connectivity index (χ4v) is 5.30. The van der Waals surface area contributed by atoms with Crippen molar-refractivity contribution in [1.82, 2.24) is 10.2 Å². The molecule has 3 aromatic rings. The molecule has 7 nitrogen and oxygen atoms in total. The summed E-state index contributed by atoms with van der Waals surface area (Å²) in [4.78, 5) is 13.7. The molecule has 0 saturated carbocycles. The number of piperidine rings is 1. The number of amides is 1. The van der Waals surface area contributed by atoms with Crippen molar-refractivity contribution in [3.63, 3.8) is 0 Å². The van der Waals surface area contributed by atoms with E-state index >= 15 is 0 Å². The predicted molar refractivity (Wildman–Crippen MR) is 134 cm³/mol. The summed E-state index contributed by atoms with van der Waals surface area (Å²) in [6.07, 6.45) is 0.775. The SMILES string of the molecule is CCOC(=O)N1CCC(N(c2ccc(CNCc3ccccc3)c3ccccc23)S(=O)[O-])CC1. The molecular weight excluding hydrogens is 450 g/mol. The van der Waals surface area contributed by atoms with E-state index in [-0.39, 0.29) is 12.1 Å². The summed E-state index contributed by atoms with van der Waals surface area (Å²) >= 11 is -2.44. The second-order valence-corrected chi connectivity index (χ2v) is 9.17. The molecule has 1 heterocycles. The van der Waals surface area contributed by atoms with Crippen molar-refractivity contribution in [3.05, 3.63) is 77.9 Å². The number of likely N-dealkylation sites (tertiary alicyclic amines) is 1. The van der Waals surface area contributed by atoms with Gasteiger partial charge in [0.1, 0.15) is 0 Å². The van der Waals surface area contributed by atoms with E-state index in [2.05, 4.69) is 17.4 Å². The van der Waals surface area contributed by atoms with Gasteiger partial charge < -0.3 is 19.5 Å². The van der Waals surface area contributed by atoms with Crippen LogP contribution in [0.3, 0.4) is 0 Å². The molecule has 0 bridgehead atoms. The van der Waals surface area contributed by atoms with Gasteiger partial charge in [0.05, 0.1) is 12.3 Å². The van der Waals surface area contributed by atoms with Crippen LogP contribution < -0.4 is 9.62 Å². The van der Waals surface area contributed by atoms with Crippen molar-refractivity contribution in [2.75, 3.05) is 24.0 Å². The van der Waals surface area contributed by atoms with Crippen LogP contribution in [0.15, 0.2) is 66.7 Å². The highest BCUT2D eigenvalue weighted by Gasteiger charge is 2.29. The summed E-state index contributed by atoms with van der Waals surface area (Å²) in [5.74, 6) is 0. The van der Waals surface area contributed by atoms with Gasteiger partial charge in [0.25, 0.3) is 0 Å². The van der Waals surface area contributed by atoms with Gasteiger partial charge >= 0.3 is 6.09 Å². The summed E-state index contributed by atoms with van der Waals surface area (Å²) in [7, 11) is 0. The van der Waals surface area contributed by atoms with Gasteiger partial charge in [-0.05, 0) is 42.3 Å². The lowest BCUT2D eigenvalue weighted by Crippen LogP contribution is -2.47. The monoisotopic (exact) mass is 480 g/mol. The van der Waals surface area contributed by atoms with E-state index in [1.54, 1.807) is 11.8 Å². The third-order valence-corrected chi connectivity index (χ3v) is 7.01. The Morgan fingerprint density at radius 3 is 2.38 bits per heavy atom. The van der Waals surface area contributed by atoms with Crippen molar-refractivity contribution in [1.29, 1.82) is 0 Å². The largest absolute Gasteiger partial charge is 0.755 e. The van der Waals surface area contributed by atoms with Crippen LogP contribution in [-0.2, 0) is 29.1 Å². The molecule has 1 aliphatic rings. The molecule has 34 heavy (non-hydrogen) atoms. The molecule has 1 saturated heterocycles. The van der Waals surface area contributed by atoms with Gasteiger partial charge in [0.2, 0.25) is 0 Å². The van der Waals surface area contributed by atoms with Crippen molar-refractivity contribution in [3.8, 4) is 0 Å². The molecule has 1 fully saturated rings. The van der Waals surface area contributed by atoms with Crippen LogP contribution in [0.1, 0.15) is 30.9 Å². The van der Waals surface area contributed by atoms with Crippen molar-refractivity contribution in [2.24, 2.45) is 0 Å². The van der Waals surface area contributed by atoms with Crippen molar-refractivity contribution in [2.45, 2.75) is 38.9 Å². The number of fused-ring (bicyclic) bond motifs is 1. The number of benzene rings is 3. The normalized spacial score (nSPS) is 15.3. The standard InChI is InChI=1S/C26H31N3O4S/c1-2-33-26(30)28-16-14-22(15-17-28)29(34(31)32)25-13-12-21(23-10-6-7-11-24(23)25)19-27-18-20-8-4-3-5-9-20/h3-13,22,27H,2,14-19H2,1H3,(H,31,32)/p-1. The van der Waals surface area contributed by atoms with Crippen LogP contribution in [0.4, 0.5) is 10.5 Å². The minimum absolute atomic E-state index is 0.213. The lowest BCUT2D eigenvalue weighted by molar-refractivity contribution is 0.0976. The third kappa shape index (κ3) is 5.58. The average Bonchev–Trinajstić information content (AvgIpc) is 2.86. The highest BCUT2D eigenvalue weighted by molar-refractivity contribution is 7.80. The zero-order valence-electron chi connectivity index (χ0n) is 19.3. The Kier molecular flexibility index (Phi) is 8.16. The van der Waals surface area contributed by atoms with Crippen LogP contribution in [-0.4, -0.2) is 45.5 Å². The molecular formula is C26H30N3O4S-.